The molecule has 3 rings (SSSR count). The molecule has 1 atom stereocenters. The zero-order valence-corrected chi connectivity index (χ0v) is 18.9. The van der Waals surface area contributed by atoms with Crippen LogP contribution in [0.2, 0.25) is 0 Å². The number of ether oxygens (including phenoxy) is 2. The molecule has 1 aromatic carbocycles. The van der Waals surface area contributed by atoms with Gasteiger partial charge in [-0.15, -0.1) is 11.3 Å². The number of fused-ring (bicyclic) bond motifs is 1. The van der Waals surface area contributed by atoms with Crippen molar-refractivity contribution >= 4 is 40.2 Å². The lowest BCUT2D eigenvalue weighted by Gasteiger charge is -2.31. The maximum Gasteiger partial charge on any atom is 0.318 e. The van der Waals surface area contributed by atoms with Gasteiger partial charge in [0.05, 0.1) is 14.2 Å². The monoisotopic (exact) mass is 450 g/mol. The second-order valence-corrected chi connectivity index (χ2v) is 8.64. The molecule has 2 N–H and O–H groups in total. The number of urea groups is 1. The third kappa shape index (κ3) is 5.37. The molecular formula is C20H26N4O4S2. The predicted octanol–water partition coefficient (Wildman–Crippen LogP) is 2.99. The highest BCUT2D eigenvalue weighted by atomic mass is 32.2. The van der Waals surface area contributed by atoms with Crippen LogP contribution in [-0.2, 0) is 17.8 Å². The molecule has 8 nitrogen and oxygen atoms in total. The summed E-state index contributed by atoms with van der Waals surface area (Å²) >= 11 is 2.98. The van der Waals surface area contributed by atoms with E-state index in [0.717, 1.165) is 16.9 Å². The smallest absolute Gasteiger partial charge is 0.318 e. The molecular weight excluding hydrogens is 424 g/mol. The Hall–Kier alpha value is -2.46. The van der Waals surface area contributed by atoms with Gasteiger partial charge in [-0.25, -0.2) is 9.78 Å². The largest absolute Gasteiger partial charge is 0.493 e. The van der Waals surface area contributed by atoms with Gasteiger partial charge in [0.1, 0.15) is 6.04 Å². The molecule has 2 aromatic rings. The number of carbonyl (C=O) groups excluding carboxylic acids is 2. The van der Waals surface area contributed by atoms with Crippen molar-refractivity contribution in [3.8, 4) is 11.5 Å². The Bertz CT molecular complexity index is 876. The standard InChI is InChI=1S/C20H26N4O4S2/c1-27-16-10-13-4-7-24(12-14(13)11-17(16)28-2)20(26)22-15(5-8-29-3)18(25)23-19-21-6-9-30-19/h6,9-11,15H,4-5,7-8,12H2,1-3H3,(H,22,26)(H,21,23,25). The van der Waals surface area contributed by atoms with Crippen molar-refractivity contribution in [2.75, 3.05) is 38.1 Å². The Labute approximate surface area is 184 Å². The Balaban J connectivity index is 1.67. The zero-order valence-electron chi connectivity index (χ0n) is 17.3. The molecule has 1 aliphatic heterocycles. The summed E-state index contributed by atoms with van der Waals surface area (Å²) in [7, 11) is 3.20. The van der Waals surface area contributed by atoms with Crippen LogP contribution in [0.1, 0.15) is 17.5 Å². The Morgan fingerprint density at radius 1 is 1.27 bits per heavy atom. The van der Waals surface area contributed by atoms with Gasteiger partial charge in [0.15, 0.2) is 16.6 Å². The van der Waals surface area contributed by atoms with Crippen molar-refractivity contribution in [3.05, 3.63) is 34.8 Å². The van der Waals surface area contributed by atoms with Gasteiger partial charge in [0.2, 0.25) is 5.91 Å². The molecule has 10 heteroatoms. The minimum absolute atomic E-state index is 0.254. The highest BCUT2D eigenvalue weighted by molar-refractivity contribution is 7.98. The van der Waals surface area contributed by atoms with Crippen LogP contribution in [0.15, 0.2) is 23.7 Å². The fourth-order valence-corrected chi connectivity index (χ4v) is 4.28. The molecule has 3 amide bonds. The quantitative estimate of drug-likeness (QED) is 0.642. The summed E-state index contributed by atoms with van der Waals surface area (Å²) in [6.07, 6.45) is 4.86. The minimum atomic E-state index is -0.624. The lowest BCUT2D eigenvalue weighted by molar-refractivity contribution is -0.118. The second-order valence-electron chi connectivity index (χ2n) is 6.76. The minimum Gasteiger partial charge on any atom is -0.493 e. The number of methoxy groups -OCH3 is 2. The summed E-state index contributed by atoms with van der Waals surface area (Å²) < 4.78 is 10.8. The molecule has 1 aromatic heterocycles. The molecule has 0 saturated heterocycles. The number of nitrogens with one attached hydrogen (secondary N) is 2. The first-order valence-electron chi connectivity index (χ1n) is 9.54. The molecule has 0 saturated carbocycles. The Kier molecular flexibility index (Phi) is 7.81. The topological polar surface area (TPSA) is 92.8 Å². The molecule has 1 unspecified atom stereocenters. The average molecular weight is 451 g/mol. The van der Waals surface area contributed by atoms with E-state index < -0.39 is 6.04 Å². The summed E-state index contributed by atoms with van der Waals surface area (Å²) in [5, 5.41) is 7.99. The maximum atomic E-state index is 12.9. The van der Waals surface area contributed by atoms with E-state index >= 15 is 0 Å². The van der Waals surface area contributed by atoms with Crippen molar-refractivity contribution in [3.63, 3.8) is 0 Å². The second kappa shape index (κ2) is 10.5. The first-order chi connectivity index (χ1) is 14.5. The average Bonchev–Trinajstić information content (AvgIpc) is 3.27. The van der Waals surface area contributed by atoms with Crippen LogP contribution >= 0.6 is 23.1 Å². The molecule has 0 fully saturated rings. The molecule has 0 aliphatic carbocycles. The summed E-state index contributed by atoms with van der Waals surface area (Å²) in [5.74, 6) is 1.83. The number of hydrogen-bond donors (Lipinski definition) is 2. The highest BCUT2D eigenvalue weighted by Crippen LogP contribution is 2.33. The van der Waals surface area contributed by atoms with Crippen molar-refractivity contribution in [1.29, 1.82) is 0 Å². The fraction of sp³-hybridized carbons (Fsp3) is 0.450. The first kappa shape index (κ1) is 22.2. The number of nitrogens with zero attached hydrogens (tertiary/aromatic N) is 2. The van der Waals surface area contributed by atoms with Crippen molar-refractivity contribution < 1.29 is 19.1 Å². The van der Waals surface area contributed by atoms with E-state index in [2.05, 4.69) is 15.6 Å². The van der Waals surface area contributed by atoms with Gasteiger partial charge in [0.25, 0.3) is 0 Å². The Morgan fingerprint density at radius 3 is 2.63 bits per heavy atom. The number of hydrogen-bond acceptors (Lipinski definition) is 7. The SMILES string of the molecule is COc1cc2c(cc1OC)CN(C(=O)NC(CCSC)C(=O)Nc1nccs1)CC2. The number of anilines is 1. The third-order valence-corrected chi connectivity index (χ3v) is 6.23. The van der Waals surface area contributed by atoms with Gasteiger partial charge in [-0.05, 0) is 48.1 Å². The first-order valence-corrected chi connectivity index (χ1v) is 11.8. The number of aromatic nitrogens is 1. The summed E-state index contributed by atoms with van der Waals surface area (Å²) in [6.45, 7) is 1.02. The van der Waals surface area contributed by atoms with Crippen LogP contribution in [0.5, 0.6) is 11.5 Å². The van der Waals surface area contributed by atoms with Crippen molar-refractivity contribution in [2.24, 2.45) is 0 Å². The Morgan fingerprint density at radius 2 is 2.00 bits per heavy atom. The van der Waals surface area contributed by atoms with Gasteiger partial charge < -0.3 is 25.0 Å². The van der Waals surface area contributed by atoms with Crippen LogP contribution in [0.3, 0.4) is 0 Å². The molecule has 2 heterocycles. The maximum absolute atomic E-state index is 12.9. The number of benzene rings is 1. The van der Waals surface area contributed by atoms with Gasteiger partial charge in [0, 0.05) is 24.7 Å². The molecule has 0 spiro atoms. The van der Waals surface area contributed by atoms with E-state index in [1.165, 1.54) is 11.3 Å². The van der Waals surface area contributed by atoms with Gasteiger partial charge >= 0.3 is 6.03 Å². The summed E-state index contributed by atoms with van der Waals surface area (Å²) in [5.41, 5.74) is 2.15. The molecule has 30 heavy (non-hydrogen) atoms. The van der Waals surface area contributed by atoms with Gasteiger partial charge in [-0.3, -0.25) is 4.79 Å². The number of carbonyl (C=O) groups is 2. The number of amides is 3. The lowest BCUT2D eigenvalue weighted by atomic mass is 9.99. The van der Waals surface area contributed by atoms with E-state index in [1.807, 2.05) is 18.4 Å². The third-order valence-electron chi connectivity index (χ3n) is 4.89. The van der Waals surface area contributed by atoms with Gasteiger partial charge in [-0.2, -0.15) is 11.8 Å². The number of thiazole rings is 1. The van der Waals surface area contributed by atoms with Crippen LogP contribution in [-0.4, -0.2) is 60.6 Å². The molecule has 162 valence electrons. The zero-order chi connectivity index (χ0) is 21.5. The normalized spacial score (nSPS) is 13.9. The summed E-state index contributed by atoms with van der Waals surface area (Å²) in [4.78, 5) is 31.4. The number of rotatable bonds is 8. The fourth-order valence-electron chi connectivity index (χ4n) is 3.28. The van der Waals surface area contributed by atoms with E-state index in [-0.39, 0.29) is 11.9 Å². The number of thioether (sulfide) groups is 1. The van der Waals surface area contributed by atoms with Crippen LogP contribution in [0.25, 0.3) is 0 Å². The highest BCUT2D eigenvalue weighted by Gasteiger charge is 2.27. The van der Waals surface area contributed by atoms with Crippen molar-refractivity contribution in [1.82, 2.24) is 15.2 Å². The van der Waals surface area contributed by atoms with Gasteiger partial charge in [-0.1, -0.05) is 0 Å². The molecule has 0 bridgehead atoms. The van der Waals surface area contributed by atoms with Crippen LogP contribution in [0, 0.1) is 0 Å². The van der Waals surface area contributed by atoms with Crippen LogP contribution in [0.4, 0.5) is 9.93 Å². The van der Waals surface area contributed by atoms with E-state index in [1.54, 1.807) is 42.5 Å². The predicted molar refractivity (Wildman–Crippen MR) is 120 cm³/mol. The molecule has 0 radical (unpaired) electrons. The van der Waals surface area contributed by atoms with Crippen molar-refractivity contribution in [2.45, 2.75) is 25.4 Å². The van der Waals surface area contributed by atoms with E-state index in [9.17, 15) is 9.59 Å². The summed E-state index contributed by atoms with van der Waals surface area (Å²) in [6, 6.07) is 3.00. The lowest BCUT2D eigenvalue weighted by Crippen LogP contribution is -2.50. The van der Waals surface area contributed by atoms with Crippen LogP contribution < -0.4 is 20.1 Å². The molecule has 1 aliphatic rings. The van der Waals surface area contributed by atoms with E-state index in [4.69, 9.17) is 9.47 Å². The van der Waals surface area contributed by atoms with E-state index in [0.29, 0.717) is 42.6 Å².